The predicted octanol–water partition coefficient (Wildman–Crippen LogP) is 4.20. The predicted molar refractivity (Wildman–Crippen MR) is 157 cm³/mol. The average molecular weight is 615 g/mol. The van der Waals surface area contributed by atoms with Crippen LogP contribution >= 0.6 is 0 Å². The number of nitrogens with one attached hydrogen (secondary N) is 2. The normalized spacial score (nSPS) is 23.2. The third-order valence-electron chi connectivity index (χ3n) is 7.47. The number of hydrogen-bond donors (Lipinski definition) is 2. The SMILES string of the molecule is COC(=O)[C@H](CC[C@@H](CC[C@H]1O[C@@H](OC)[C@@H]2OC(C)(C)O[C@@H]21)NC(=O)OCc1ccccc1)NC(=O)OCc1ccccc1. The van der Waals surface area contributed by atoms with E-state index in [-0.39, 0.29) is 37.9 Å². The molecule has 0 spiro atoms. The van der Waals surface area contributed by atoms with Gasteiger partial charge in [-0.25, -0.2) is 14.4 Å². The van der Waals surface area contributed by atoms with Gasteiger partial charge in [0, 0.05) is 13.2 Å². The summed E-state index contributed by atoms with van der Waals surface area (Å²) in [4.78, 5) is 37.9. The van der Waals surface area contributed by atoms with Gasteiger partial charge < -0.3 is 43.8 Å². The van der Waals surface area contributed by atoms with Crippen LogP contribution in [0.15, 0.2) is 60.7 Å². The van der Waals surface area contributed by atoms with Gasteiger partial charge in [0.25, 0.3) is 0 Å². The first kappa shape index (κ1) is 33.2. The standard InChI is InChI=1S/C32H42N2O10/c1-32(2)43-26-25(42-29(39-4)27(26)44-32)18-16-23(33-30(36)40-19-21-11-7-5-8-12-21)15-17-24(28(35)38-3)34-31(37)41-20-22-13-9-6-10-14-22/h5-14,23-27,29H,15-20H2,1-4H3,(H,33,36)(H,34,37)/t23-,24-,25+,26+,27+,29+/m0/s1. The number of fused-ring (bicyclic) bond motifs is 1. The maximum Gasteiger partial charge on any atom is 0.408 e. The molecular formula is C32H42N2O10. The topological polar surface area (TPSA) is 140 Å². The van der Waals surface area contributed by atoms with Crippen LogP contribution in [0, 0.1) is 0 Å². The van der Waals surface area contributed by atoms with Crippen molar-refractivity contribution in [2.24, 2.45) is 0 Å². The summed E-state index contributed by atoms with van der Waals surface area (Å²) in [5.74, 6) is -1.41. The van der Waals surface area contributed by atoms with E-state index >= 15 is 0 Å². The smallest absolute Gasteiger partial charge is 0.408 e. The number of esters is 1. The third-order valence-corrected chi connectivity index (χ3v) is 7.47. The second kappa shape index (κ2) is 15.8. The van der Waals surface area contributed by atoms with Crippen molar-refractivity contribution in [2.75, 3.05) is 14.2 Å². The fourth-order valence-electron chi connectivity index (χ4n) is 5.32. The second-order valence-corrected chi connectivity index (χ2v) is 11.2. The second-order valence-electron chi connectivity index (χ2n) is 11.2. The van der Waals surface area contributed by atoms with E-state index in [9.17, 15) is 14.4 Å². The first-order chi connectivity index (χ1) is 21.2. The van der Waals surface area contributed by atoms with E-state index in [0.717, 1.165) is 11.1 Å². The lowest BCUT2D eigenvalue weighted by Crippen LogP contribution is -2.44. The van der Waals surface area contributed by atoms with Crippen LogP contribution in [0.2, 0.25) is 0 Å². The van der Waals surface area contributed by atoms with E-state index in [1.807, 2.05) is 74.5 Å². The maximum atomic E-state index is 12.8. The highest BCUT2D eigenvalue weighted by molar-refractivity contribution is 5.81. The minimum atomic E-state index is -0.995. The van der Waals surface area contributed by atoms with E-state index in [0.29, 0.717) is 19.3 Å². The van der Waals surface area contributed by atoms with Gasteiger partial charge in [0.05, 0.1) is 13.2 Å². The molecule has 12 heteroatoms. The summed E-state index contributed by atoms with van der Waals surface area (Å²) < 4.78 is 39.3. The van der Waals surface area contributed by atoms with Gasteiger partial charge >= 0.3 is 18.2 Å². The Labute approximate surface area is 257 Å². The Morgan fingerprint density at radius 1 is 0.795 bits per heavy atom. The molecule has 2 aliphatic heterocycles. The molecule has 2 fully saturated rings. The van der Waals surface area contributed by atoms with Crippen molar-refractivity contribution in [1.82, 2.24) is 10.6 Å². The Hall–Kier alpha value is -3.71. The molecule has 2 heterocycles. The number of rotatable bonds is 14. The molecule has 0 bridgehead atoms. The molecule has 0 aromatic heterocycles. The number of carbonyl (C=O) groups excluding carboxylic acids is 3. The van der Waals surface area contributed by atoms with Crippen LogP contribution in [0.25, 0.3) is 0 Å². The number of benzene rings is 2. The van der Waals surface area contributed by atoms with Crippen LogP contribution in [0.4, 0.5) is 9.59 Å². The van der Waals surface area contributed by atoms with Crippen LogP contribution < -0.4 is 10.6 Å². The van der Waals surface area contributed by atoms with Gasteiger partial charge in [-0.15, -0.1) is 0 Å². The zero-order valence-corrected chi connectivity index (χ0v) is 25.6. The lowest BCUT2D eigenvalue weighted by atomic mass is 9.98. The molecule has 2 N–H and O–H groups in total. The summed E-state index contributed by atoms with van der Waals surface area (Å²) in [7, 11) is 2.80. The molecule has 2 aromatic rings. The number of methoxy groups -OCH3 is 2. The highest BCUT2D eigenvalue weighted by atomic mass is 16.8. The summed E-state index contributed by atoms with van der Waals surface area (Å²) in [6.45, 7) is 3.83. The molecule has 2 aromatic carbocycles. The Bertz CT molecular complexity index is 1210. The molecule has 2 saturated heterocycles. The number of carbonyl (C=O) groups is 3. The molecule has 2 aliphatic rings. The van der Waals surface area contributed by atoms with Gasteiger partial charge in [0.1, 0.15) is 31.5 Å². The van der Waals surface area contributed by atoms with Crippen molar-refractivity contribution in [3.8, 4) is 0 Å². The minimum Gasteiger partial charge on any atom is -0.467 e. The van der Waals surface area contributed by atoms with Crippen molar-refractivity contribution in [1.29, 1.82) is 0 Å². The van der Waals surface area contributed by atoms with Crippen molar-refractivity contribution < 1.29 is 47.5 Å². The van der Waals surface area contributed by atoms with Crippen LogP contribution in [0.5, 0.6) is 0 Å². The maximum absolute atomic E-state index is 12.8. The van der Waals surface area contributed by atoms with Crippen LogP contribution in [0.3, 0.4) is 0 Å². The average Bonchev–Trinajstić information content (AvgIpc) is 3.52. The first-order valence-electron chi connectivity index (χ1n) is 14.7. The number of amides is 2. The van der Waals surface area contributed by atoms with Crippen LogP contribution in [0.1, 0.15) is 50.7 Å². The molecule has 2 amide bonds. The molecule has 0 unspecified atom stereocenters. The van der Waals surface area contributed by atoms with E-state index in [4.69, 9.17) is 33.2 Å². The van der Waals surface area contributed by atoms with Crippen LogP contribution in [-0.4, -0.2) is 74.8 Å². The summed E-state index contributed by atoms with van der Waals surface area (Å²) in [6.07, 6.45) is -1.57. The van der Waals surface area contributed by atoms with E-state index < -0.39 is 42.3 Å². The molecule has 6 atom stereocenters. The van der Waals surface area contributed by atoms with Crippen molar-refractivity contribution in [3.63, 3.8) is 0 Å². The fourth-order valence-corrected chi connectivity index (χ4v) is 5.32. The quantitative estimate of drug-likeness (QED) is 0.235. The highest BCUT2D eigenvalue weighted by Crippen LogP contribution is 2.40. The largest absolute Gasteiger partial charge is 0.467 e. The molecular weight excluding hydrogens is 572 g/mol. The molecule has 44 heavy (non-hydrogen) atoms. The van der Waals surface area contributed by atoms with Gasteiger partial charge in [-0.2, -0.15) is 0 Å². The Morgan fingerprint density at radius 2 is 1.36 bits per heavy atom. The van der Waals surface area contributed by atoms with E-state index in [2.05, 4.69) is 10.6 Å². The lowest BCUT2D eigenvalue weighted by Gasteiger charge is -2.25. The minimum absolute atomic E-state index is 0.0482. The molecule has 240 valence electrons. The summed E-state index contributed by atoms with van der Waals surface area (Å²) >= 11 is 0. The van der Waals surface area contributed by atoms with Gasteiger partial charge in [0.2, 0.25) is 0 Å². The lowest BCUT2D eigenvalue weighted by molar-refractivity contribution is -0.227. The van der Waals surface area contributed by atoms with Gasteiger partial charge in [-0.05, 0) is 50.7 Å². The first-order valence-corrected chi connectivity index (χ1v) is 14.7. The zero-order chi connectivity index (χ0) is 31.5. The molecule has 0 radical (unpaired) electrons. The Kier molecular flexibility index (Phi) is 12.0. The number of hydrogen-bond acceptors (Lipinski definition) is 10. The van der Waals surface area contributed by atoms with Crippen molar-refractivity contribution in [3.05, 3.63) is 71.8 Å². The van der Waals surface area contributed by atoms with E-state index in [1.165, 1.54) is 7.11 Å². The van der Waals surface area contributed by atoms with Gasteiger partial charge in [-0.3, -0.25) is 0 Å². The van der Waals surface area contributed by atoms with Gasteiger partial charge in [0.15, 0.2) is 12.1 Å². The monoisotopic (exact) mass is 614 g/mol. The van der Waals surface area contributed by atoms with Crippen molar-refractivity contribution >= 4 is 18.2 Å². The third kappa shape index (κ3) is 9.65. The Balaban J connectivity index is 1.37. The molecule has 4 rings (SSSR count). The number of ether oxygens (including phenoxy) is 7. The summed E-state index contributed by atoms with van der Waals surface area (Å²) in [6, 6.07) is 17.1. The number of alkyl carbamates (subject to hydrolysis) is 2. The summed E-state index contributed by atoms with van der Waals surface area (Å²) in [5, 5.41) is 5.49. The molecule has 12 nitrogen and oxygen atoms in total. The van der Waals surface area contributed by atoms with Gasteiger partial charge in [-0.1, -0.05) is 60.7 Å². The van der Waals surface area contributed by atoms with Crippen LogP contribution in [-0.2, 0) is 51.2 Å². The Morgan fingerprint density at radius 3 is 1.93 bits per heavy atom. The zero-order valence-electron chi connectivity index (χ0n) is 25.6. The van der Waals surface area contributed by atoms with E-state index in [1.54, 1.807) is 7.11 Å². The molecule has 0 saturated carbocycles. The highest BCUT2D eigenvalue weighted by Gasteiger charge is 2.55. The molecule has 0 aliphatic carbocycles. The summed E-state index contributed by atoms with van der Waals surface area (Å²) in [5.41, 5.74) is 1.66. The fraction of sp³-hybridized carbons (Fsp3) is 0.531. The van der Waals surface area contributed by atoms with Crippen molar-refractivity contribution in [2.45, 2.75) is 95.2 Å².